The summed E-state index contributed by atoms with van der Waals surface area (Å²) in [4.78, 5) is 14.6. The van der Waals surface area contributed by atoms with Crippen molar-refractivity contribution in [3.63, 3.8) is 0 Å². The first-order valence-corrected chi connectivity index (χ1v) is 5.00. The molecule has 0 saturated carbocycles. The smallest absolute Gasteiger partial charge is 0.212 e. The van der Waals surface area contributed by atoms with Gasteiger partial charge in [-0.2, -0.15) is 0 Å². The molecule has 0 unspecified atom stereocenters. The predicted molar refractivity (Wildman–Crippen MR) is 61.6 cm³/mol. The van der Waals surface area contributed by atoms with Crippen molar-refractivity contribution in [1.29, 1.82) is 0 Å². The molecular weight excluding hydrogens is 221 g/mol. The van der Waals surface area contributed by atoms with Gasteiger partial charge in [0, 0.05) is 23.4 Å². The summed E-state index contributed by atoms with van der Waals surface area (Å²) in [5.74, 6) is -0.0739. The van der Waals surface area contributed by atoms with E-state index in [1.165, 1.54) is 19.4 Å². The summed E-state index contributed by atoms with van der Waals surface area (Å²) in [7, 11) is 1.51. The van der Waals surface area contributed by atoms with Gasteiger partial charge in [-0.05, 0) is 12.1 Å². The van der Waals surface area contributed by atoms with Gasteiger partial charge < -0.3 is 4.74 Å². The molecule has 0 N–H and O–H groups in total. The fraction of sp³-hybridized carbons (Fsp3) is 0.0769. The van der Waals surface area contributed by atoms with E-state index in [4.69, 9.17) is 4.74 Å². The number of carbonyl (C=O) groups is 1. The number of pyridine rings is 1. The van der Waals surface area contributed by atoms with Crippen LogP contribution in [-0.2, 0) is 0 Å². The fourth-order valence-electron chi connectivity index (χ4n) is 1.52. The van der Waals surface area contributed by atoms with Gasteiger partial charge in [0.25, 0.3) is 0 Å². The zero-order chi connectivity index (χ0) is 12.3. The van der Waals surface area contributed by atoms with Crippen molar-refractivity contribution >= 4 is 6.29 Å². The first-order valence-electron chi connectivity index (χ1n) is 5.00. The van der Waals surface area contributed by atoms with Gasteiger partial charge in [-0.1, -0.05) is 12.1 Å². The van der Waals surface area contributed by atoms with Gasteiger partial charge in [0.15, 0.2) is 6.29 Å². The van der Waals surface area contributed by atoms with E-state index < -0.39 is 5.82 Å². The molecule has 86 valence electrons. The van der Waals surface area contributed by atoms with E-state index in [2.05, 4.69) is 4.98 Å². The minimum absolute atomic E-state index is 0.0401. The van der Waals surface area contributed by atoms with Gasteiger partial charge >= 0.3 is 0 Å². The molecule has 0 saturated heterocycles. The number of methoxy groups -OCH3 is 1. The highest BCUT2D eigenvalue weighted by molar-refractivity contribution is 5.79. The minimum Gasteiger partial charge on any atom is -0.481 e. The van der Waals surface area contributed by atoms with Crippen LogP contribution in [0.1, 0.15) is 10.4 Å². The third kappa shape index (κ3) is 2.15. The Morgan fingerprint density at radius 2 is 2.12 bits per heavy atom. The molecule has 4 heteroatoms. The Kier molecular flexibility index (Phi) is 3.14. The molecule has 0 aliphatic carbocycles. The van der Waals surface area contributed by atoms with E-state index in [9.17, 15) is 9.18 Å². The molecule has 0 aliphatic heterocycles. The highest BCUT2D eigenvalue weighted by Gasteiger charge is 2.09. The molecule has 0 atom stereocenters. The Labute approximate surface area is 97.9 Å². The van der Waals surface area contributed by atoms with Crippen molar-refractivity contribution in [2.75, 3.05) is 7.11 Å². The van der Waals surface area contributed by atoms with Gasteiger partial charge in [0.2, 0.25) is 5.88 Å². The Bertz CT molecular complexity index is 538. The lowest BCUT2D eigenvalue weighted by Crippen LogP contribution is -1.93. The summed E-state index contributed by atoms with van der Waals surface area (Å²) in [6, 6.07) is 8.00. The van der Waals surface area contributed by atoms with Crippen LogP contribution in [0.2, 0.25) is 0 Å². The van der Waals surface area contributed by atoms with E-state index in [1.807, 2.05) is 0 Å². The Balaban J connectivity index is 2.48. The number of halogens is 1. The number of aromatic nitrogens is 1. The molecule has 0 fully saturated rings. The first kappa shape index (κ1) is 11.3. The molecular formula is C13H10FNO2. The molecule has 0 aliphatic rings. The van der Waals surface area contributed by atoms with Crippen molar-refractivity contribution in [3.8, 4) is 17.0 Å². The van der Waals surface area contributed by atoms with Crippen molar-refractivity contribution < 1.29 is 13.9 Å². The number of nitrogens with zero attached hydrogens (tertiary/aromatic N) is 1. The largest absolute Gasteiger partial charge is 0.481 e. The quantitative estimate of drug-likeness (QED) is 0.762. The van der Waals surface area contributed by atoms with Crippen LogP contribution in [0, 0.1) is 5.82 Å². The molecule has 0 radical (unpaired) electrons. The van der Waals surface area contributed by atoms with Gasteiger partial charge in [-0.15, -0.1) is 0 Å². The number of hydrogen-bond acceptors (Lipinski definition) is 3. The molecule has 17 heavy (non-hydrogen) atoms. The Hall–Kier alpha value is -2.23. The summed E-state index contributed by atoms with van der Waals surface area (Å²) >= 11 is 0. The average Bonchev–Trinajstić information content (AvgIpc) is 2.39. The van der Waals surface area contributed by atoms with Crippen LogP contribution in [0.25, 0.3) is 11.1 Å². The van der Waals surface area contributed by atoms with E-state index >= 15 is 0 Å². The summed E-state index contributed by atoms with van der Waals surface area (Å²) in [5.41, 5.74) is 0.995. The highest BCUT2D eigenvalue weighted by Crippen LogP contribution is 2.24. The van der Waals surface area contributed by atoms with E-state index in [-0.39, 0.29) is 5.56 Å². The van der Waals surface area contributed by atoms with Gasteiger partial charge in [0.05, 0.1) is 12.7 Å². The van der Waals surface area contributed by atoms with E-state index in [0.29, 0.717) is 23.3 Å². The standard InChI is InChI=1S/C13H10FNO2/c1-17-12-6-5-9(7-15-12)11-4-2-3-10(8-16)13(11)14/h2-8H,1H3. The molecule has 0 amide bonds. The van der Waals surface area contributed by atoms with Crippen LogP contribution in [0.15, 0.2) is 36.5 Å². The van der Waals surface area contributed by atoms with Crippen LogP contribution < -0.4 is 4.74 Å². The normalized spacial score (nSPS) is 10.0. The summed E-state index contributed by atoms with van der Waals surface area (Å²) in [5, 5.41) is 0. The minimum atomic E-state index is -0.533. The monoisotopic (exact) mass is 231 g/mol. The maximum atomic E-state index is 13.9. The predicted octanol–water partition coefficient (Wildman–Crippen LogP) is 2.71. The molecule has 2 rings (SSSR count). The van der Waals surface area contributed by atoms with Crippen molar-refractivity contribution in [2.45, 2.75) is 0 Å². The Morgan fingerprint density at radius 3 is 2.71 bits per heavy atom. The topological polar surface area (TPSA) is 39.2 Å². The molecule has 0 spiro atoms. The second-order valence-electron chi connectivity index (χ2n) is 3.42. The Morgan fingerprint density at radius 1 is 1.29 bits per heavy atom. The second kappa shape index (κ2) is 4.74. The van der Waals surface area contributed by atoms with Crippen LogP contribution in [0.5, 0.6) is 5.88 Å². The number of carbonyl (C=O) groups excluding carboxylic acids is 1. The molecule has 1 aromatic heterocycles. The number of rotatable bonds is 3. The van der Waals surface area contributed by atoms with Crippen LogP contribution in [-0.4, -0.2) is 18.4 Å². The zero-order valence-corrected chi connectivity index (χ0v) is 9.18. The van der Waals surface area contributed by atoms with Crippen molar-refractivity contribution in [2.24, 2.45) is 0 Å². The molecule has 0 bridgehead atoms. The number of hydrogen-bond donors (Lipinski definition) is 0. The molecule has 3 nitrogen and oxygen atoms in total. The third-order valence-corrected chi connectivity index (χ3v) is 2.41. The number of benzene rings is 1. The van der Waals surface area contributed by atoms with Gasteiger partial charge in [-0.25, -0.2) is 9.37 Å². The zero-order valence-electron chi connectivity index (χ0n) is 9.18. The SMILES string of the molecule is COc1ccc(-c2cccc(C=O)c2F)cn1. The van der Waals surface area contributed by atoms with Gasteiger partial charge in [-0.3, -0.25) is 4.79 Å². The number of aldehydes is 1. The summed E-state index contributed by atoms with van der Waals surface area (Å²) in [6.07, 6.45) is 2.00. The van der Waals surface area contributed by atoms with Crippen molar-refractivity contribution in [1.82, 2.24) is 4.98 Å². The fourth-order valence-corrected chi connectivity index (χ4v) is 1.52. The number of ether oxygens (including phenoxy) is 1. The maximum absolute atomic E-state index is 13.9. The van der Waals surface area contributed by atoms with Crippen LogP contribution in [0.3, 0.4) is 0 Å². The lowest BCUT2D eigenvalue weighted by molar-refractivity contribution is 0.112. The van der Waals surface area contributed by atoms with Crippen LogP contribution in [0.4, 0.5) is 4.39 Å². The van der Waals surface area contributed by atoms with Gasteiger partial charge in [0.1, 0.15) is 5.82 Å². The molecule has 1 heterocycles. The average molecular weight is 231 g/mol. The molecule has 2 aromatic rings. The maximum Gasteiger partial charge on any atom is 0.212 e. The highest BCUT2D eigenvalue weighted by atomic mass is 19.1. The first-order chi connectivity index (χ1) is 8.26. The lowest BCUT2D eigenvalue weighted by atomic mass is 10.0. The lowest BCUT2D eigenvalue weighted by Gasteiger charge is -2.05. The third-order valence-electron chi connectivity index (χ3n) is 2.41. The van der Waals surface area contributed by atoms with Crippen LogP contribution >= 0.6 is 0 Å². The molecule has 1 aromatic carbocycles. The second-order valence-corrected chi connectivity index (χ2v) is 3.42. The van der Waals surface area contributed by atoms with E-state index in [0.717, 1.165) is 0 Å². The van der Waals surface area contributed by atoms with E-state index in [1.54, 1.807) is 24.3 Å². The summed E-state index contributed by atoms with van der Waals surface area (Å²) < 4.78 is 18.8. The summed E-state index contributed by atoms with van der Waals surface area (Å²) in [6.45, 7) is 0. The van der Waals surface area contributed by atoms with Crippen molar-refractivity contribution in [3.05, 3.63) is 47.9 Å².